The summed E-state index contributed by atoms with van der Waals surface area (Å²) in [5, 5.41) is 5.58. The van der Waals surface area contributed by atoms with Gasteiger partial charge < -0.3 is 10.6 Å². The first kappa shape index (κ1) is 12.4. The van der Waals surface area contributed by atoms with Gasteiger partial charge in [-0.3, -0.25) is 9.59 Å². The van der Waals surface area contributed by atoms with E-state index in [0.717, 1.165) is 5.56 Å². The van der Waals surface area contributed by atoms with Crippen molar-refractivity contribution in [2.24, 2.45) is 0 Å². The Morgan fingerprint density at radius 1 is 0.900 bits per heavy atom. The number of para-hydroxylation sites is 1. The van der Waals surface area contributed by atoms with Gasteiger partial charge in [-0.1, -0.05) is 42.5 Å². The van der Waals surface area contributed by atoms with Gasteiger partial charge in [0, 0.05) is 6.42 Å². The van der Waals surface area contributed by atoms with Gasteiger partial charge in [-0.15, -0.1) is 0 Å². The lowest BCUT2D eigenvalue weighted by atomic mass is 10.1. The number of hydrogen-bond donors (Lipinski definition) is 2. The molecule has 2 amide bonds. The molecule has 1 heterocycles. The van der Waals surface area contributed by atoms with Crippen molar-refractivity contribution in [3.05, 3.63) is 65.7 Å². The topological polar surface area (TPSA) is 58.2 Å². The van der Waals surface area contributed by atoms with Crippen molar-refractivity contribution in [1.29, 1.82) is 0 Å². The quantitative estimate of drug-likeness (QED) is 0.873. The van der Waals surface area contributed by atoms with Gasteiger partial charge in [0.05, 0.1) is 11.3 Å². The number of amides is 2. The number of carbonyl (C=O) groups is 2. The molecule has 0 saturated carbocycles. The van der Waals surface area contributed by atoms with E-state index in [1.165, 1.54) is 0 Å². The van der Waals surface area contributed by atoms with Gasteiger partial charge in [-0.2, -0.15) is 0 Å². The van der Waals surface area contributed by atoms with Gasteiger partial charge in [0.25, 0.3) is 5.91 Å². The Morgan fingerprint density at radius 3 is 2.40 bits per heavy atom. The van der Waals surface area contributed by atoms with Crippen LogP contribution in [0.4, 0.5) is 5.69 Å². The third kappa shape index (κ3) is 2.40. The molecule has 1 aliphatic heterocycles. The van der Waals surface area contributed by atoms with Crippen molar-refractivity contribution >= 4 is 17.5 Å². The standard InChI is InChI=1S/C16H14N2O2/c19-15-12-8-4-5-9-13(12)17-16(20)14(18-15)10-11-6-2-1-3-7-11/h1-9,14H,10H2,(H,17,20)(H,18,19)/t14-/m1/s1. The van der Waals surface area contributed by atoms with Crippen molar-refractivity contribution in [1.82, 2.24) is 5.32 Å². The molecule has 0 unspecified atom stereocenters. The van der Waals surface area contributed by atoms with Crippen molar-refractivity contribution in [3.63, 3.8) is 0 Å². The molecule has 100 valence electrons. The maximum atomic E-state index is 12.2. The van der Waals surface area contributed by atoms with Crippen LogP contribution in [0, 0.1) is 0 Å². The molecule has 0 aliphatic carbocycles. The van der Waals surface area contributed by atoms with Crippen molar-refractivity contribution in [3.8, 4) is 0 Å². The molecule has 20 heavy (non-hydrogen) atoms. The van der Waals surface area contributed by atoms with Crippen LogP contribution < -0.4 is 10.6 Å². The highest BCUT2D eigenvalue weighted by Crippen LogP contribution is 2.19. The third-order valence-electron chi connectivity index (χ3n) is 3.33. The number of hydrogen-bond acceptors (Lipinski definition) is 2. The zero-order chi connectivity index (χ0) is 13.9. The van der Waals surface area contributed by atoms with Crippen LogP contribution in [-0.4, -0.2) is 17.9 Å². The van der Waals surface area contributed by atoms with E-state index in [1.807, 2.05) is 30.3 Å². The average molecular weight is 266 g/mol. The van der Waals surface area contributed by atoms with Crippen molar-refractivity contribution in [2.45, 2.75) is 12.5 Å². The predicted octanol–water partition coefficient (Wildman–Crippen LogP) is 1.98. The second kappa shape index (κ2) is 5.17. The number of rotatable bonds is 2. The molecule has 2 N–H and O–H groups in total. The molecule has 0 aromatic heterocycles. The highest BCUT2D eigenvalue weighted by atomic mass is 16.2. The minimum atomic E-state index is -0.558. The summed E-state index contributed by atoms with van der Waals surface area (Å²) in [4.78, 5) is 24.3. The maximum Gasteiger partial charge on any atom is 0.254 e. The van der Waals surface area contributed by atoms with Crippen LogP contribution in [0.25, 0.3) is 0 Å². The van der Waals surface area contributed by atoms with E-state index < -0.39 is 6.04 Å². The molecular weight excluding hydrogens is 252 g/mol. The van der Waals surface area contributed by atoms with Gasteiger partial charge in [0.2, 0.25) is 5.91 Å². The summed E-state index contributed by atoms with van der Waals surface area (Å²) in [7, 11) is 0. The van der Waals surface area contributed by atoms with E-state index in [9.17, 15) is 9.59 Å². The molecule has 2 aromatic carbocycles. The summed E-state index contributed by atoms with van der Waals surface area (Å²) in [6.45, 7) is 0. The Morgan fingerprint density at radius 2 is 1.60 bits per heavy atom. The third-order valence-corrected chi connectivity index (χ3v) is 3.33. The second-order valence-electron chi connectivity index (χ2n) is 4.75. The molecule has 1 atom stereocenters. The summed E-state index contributed by atoms with van der Waals surface area (Å²) < 4.78 is 0. The highest BCUT2D eigenvalue weighted by Gasteiger charge is 2.27. The highest BCUT2D eigenvalue weighted by molar-refractivity contribution is 6.09. The minimum absolute atomic E-state index is 0.188. The average Bonchev–Trinajstić information content (AvgIpc) is 2.58. The van der Waals surface area contributed by atoms with Gasteiger partial charge in [0.1, 0.15) is 6.04 Å². The van der Waals surface area contributed by atoms with Crippen LogP contribution in [0.3, 0.4) is 0 Å². The van der Waals surface area contributed by atoms with Crippen LogP contribution in [-0.2, 0) is 11.2 Å². The molecule has 2 aromatic rings. The van der Waals surface area contributed by atoms with E-state index in [2.05, 4.69) is 10.6 Å². The number of benzene rings is 2. The largest absolute Gasteiger partial charge is 0.340 e. The van der Waals surface area contributed by atoms with Gasteiger partial charge in [0.15, 0.2) is 0 Å². The summed E-state index contributed by atoms with van der Waals surface area (Å²) in [6, 6.07) is 16.1. The van der Waals surface area contributed by atoms with E-state index in [-0.39, 0.29) is 11.8 Å². The first-order chi connectivity index (χ1) is 9.74. The molecule has 1 aliphatic rings. The maximum absolute atomic E-state index is 12.2. The number of fused-ring (bicyclic) bond motifs is 1. The van der Waals surface area contributed by atoms with Crippen LogP contribution >= 0.6 is 0 Å². The van der Waals surface area contributed by atoms with E-state index in [1.54, 1.807) is 24.3 Å². The molecule has 0 saturated heterocycles. The number of anilines is 1. The lowest BCUT2D eigenvalue weighted by molar-refractivity contribution is -0.117. The van der Waals surface area contributed by atoms with E-state index >= 15 is 0 Å². The van der Waals surface area contributed by atoms with Gasteiger partial charge >= 0.3 is 0 Å². The van der Waals surface area contributed by atoms with Crippen molar-refractivity contribution in [2.75, 3.05) is 5.32 Å². The summed E-state index contributed by atoms with van der Waals surface area (Å²) in [5.74, 6) is -0.410. The van der Waals surface area contributed by atoms with E-state index in [0.29, 0.717) is 17.7 Å². The molecule has 0 bridgehead atoms. The lowest BCUT2D eigenvalue weighted by Gasteiger charge is -2.14. The Hall–Kier alpha value is -2.62. The smallest absolute Gasteiger partial charge is 0.254 e. The summed E-state index contributed by atoms with van der Waals surface area (Å²) >= 11 is 0. The van der Waals surface area contributed by atoms with Crippen LogP contribution in [0.15, 0.2) is 54.6 Å². The number of nitrogens with one attached hydrogen (secondary N) is 2. The van der Waals surface area contributed by atoms with Gasteiger partial charge in [-0.25, -0.2) is 0 Å². The monoisotopic (exact) mass is 266 g/mol. The zero-order valence-corrected chi connectivity index (χ0v) is 10.8. The molecule has 0 fully saturated rings. The lowest BCUT2D eigenvalue weighted by Crippen LogP contribution is -2.42. The molecular formula is C16H14N2O2. The predicted molar refractivity (Wildman–Crippen MR) is 76.5 cm³/mol. The Balaban J connectivity index is 1.86. The molecule has 3 rings (SSSR count). The van der Waals surface area contributed by atoms with Crippen LogP contribution in [0.1, 0.15) is 15.9 Å². The van der Waals surface area contributed by atoms with Gasteiger partial charge in [-0.05, 0) is 17.7 Å². The fourth-order valence-corrected chi connectivity index (χ4v) is 2.31. The minimum Gasteiger partial charge on any atom is -0.340 e. The normalized spacial score (nSPS) is 17.7. The fraction of sp³-hybridized carbons (Fsp3) is 0.125. The Kier molecular flexibility index (Phi) is 3.21. The fourth-order valence-electron chi connectivity index (χ4n) is 2.31. The SMILES string of the molecule is O=C1N[C@H](Cc2ccccc2)C(=O)Nc2ccccc21. The van der Waals surface area contributed by atoms with Crippen molar-refractivity contribution < 1.29 is 9.59 Å². The first-order valence-electron chi connectivity index (χ1n) is 6.49. The Bertz CT molecular complexity index is 653. The van der Waals surface area contributed by atoms with E-state index in [4.69, 9.17) is 0 Å². The van der Waals surface area contributed by atoms with Crippen LogP contribution in [0.5, 0.6) is 0 Å². The molecule has 0 spiro atoms. The Labute approximate surface area is 116 Å². The summed E-state index contributed by atoms with van der Waals surface area (Å²) in [6.07, 6.45) is 0.479. The molecule has 4 nitrogen and oxygen atoms in total. The first-order valence-corrected chi connectivity index (χ1v) is 6.49. The molecule has 0 radical (unpaired) electrons. The molecule has 4 heteroatoms. The van der Waals surface area contributed by atoms with Crippen LogP contribution in [0.2, 0.25) is 0 Å². The number of carbonyl (C=O) groups excluding carboxylic acids is 2. The summed E-state index contributed by atoms with van der Waals surface area (Å²) in [5.41, 5.74) is 2.07. The zero-order valence-electron chi connectivity index (χ0n) is 10.8. The second-order valence-corrected chi connectivity index (χ2v) is 4.75.